The molecule has 0 aliphatic carbocycles. The lowest BCUT2D eigenvalue weighted by Gasteiger charge is -2.28. The van der Waals surface area contributed by atoms with E-state index in [1.165, 1.54) is 0 Å². The molecule has 1 aromatic heterocycles. The zero-order chi connectivity index (χ0) is 13.9. The molecule has 2 heterocycles. The second-order valence-corrected chi connectivity index (χ2v) is 4.77. The van der Waals surface area contributed by atoms with E-state index in [0.717, 1.165) is 42.7 Å². The van der Waals surface area contributed by atoms with E-state index in [0.29, 0.717) is 11.5 Å². The molecule has 5 heteroatoms. The maximum Gasteiger partial charge on any atom is 0.162 e. The van der Waals surface area contributed by atoms with E-state index in [2.05, 4.69) is 21.3 Å². The standard InChI is InChI=1S/C15H18N3O2/c1-19-13-8-11-12(9-14(13)20-2)16-10-17-15(11)18-6-4-3-5-7-18/h3,8-10H,4-7H2,1-2H3. The molecule has 0 atom stereocenters. The van der Waals surface area contributed by atoms with Crippen molar-refractivity contribution in [3.63, 3.8) is 0 Å². The van der Waals surface area contributed by atoms with Gasteiger partial charge in [-0.05, 0) is 25.3 Å². The van der Waals surface area contributed by atoms with Gasteiger partial charge in [-0.3, -0.25) is 0 Å². The number of piperidine rings is 1. The summed E-state index contributed by atoms with van der Waals surface area (Å²) >= 11 is 0. The van der Waals surface area contributed by atoms with Crippen molar-refractivity contribution in [2.75, 3.05) is 32.2 Å². The molecule has 1 saturated heterocycles. The van der Waals surface area contributed by atoms with Crippen LogP contribution in [-0.2, 0) is 0 Å². The molecule has 1 fully saturated rings. The predicted octanol–water partition coefficient (Wildman–Crippen LogP) is 2.45. The molecule has 0 amide bonds. The first-order valence-electron chi connectivity index (χ1n) is 6.77. The Labute approximate surface area is 118 Å². The summed E-state index contributed by atoms with van der Waals surface area (Å²) in [7, 11) is 3.27. The van der Waals surface area contributed by atoms with E-state index in [4.69, 9.17) is 9.47 Å². The van der Waals surface area contributed by atoms with E-state index >= 15 is 0 Å². The van der Waals surface area contributed by atoms with Gasteiger partial charge < -0.3 is 14.4 Å². The Morgan fingerprint density at radius 3 is 2.40 bits per heavy atom. The molecule has 0 saturated carbocycles. The van der Waals surface area contributed by atoms with Crippen LogP contribution in [-0.4, -0.2) is 37.3 Å². The fourth-order valence-corrected chi connectivity index (χ4v) is 2.58. The molecule has 0 spiro atoms. The first-order chi connectivity index (χ1) is 9.83. The maximum atomic E-state index is 5.38. The molecule has 1 aromatic carbocycles. The molecule has 105 valence electrons. The van der Waals surface area contributed by atoms with Gasteiger partial charge in [0.2, 0.25) is 0 Å². The molecule has 0 N–H and O–H groups in total. The number of nitrogens with zero attached hydrogens (tertiary/aromatic N) is 3. The zero-order valence-corrected chi connectivity index (χ0v) is 11.8. The first kappa shape index (κ1) is 13.0. The molecule has 5 nitrogen and oxygen atoms in total. The largest absolute Gasteiger partial charge is 0.493 e. The van der Waals surface area contributed by atoms with Crippen LogP contribution in [0.3, 0.4) is 0 Å². The van der Waals surface area contributed by atoms with Gasteiger partial charge in [0.1, 0.15) is 12.1 Å². The highest BCUT2D eigenvalue weighted by Gasteiger charge is 2.17. The van der Waals surface area contributed by atoms with Gasteiger partial charge in [0.25, 0.3) is 0 Å². The third-order valence-corrected chi connectivity index (χ3v) is 3.63. The Kier molecular flexibility index (Phi) is 3.58. The lowest BCUT2D eigenvalue weighted by Crippen LogP contribution is -2.30. The molecule has 3 rings (SSSR count). The summed E-state index contributed by atoms with van der Waals surface area (Å²) < 4.78 is 10.7. The Morgan fingerprint density at radius 1 is 1.00 bits per heavy atom. The molecule has 0 bridgehead atoms. The number of rotatable bonds is 3. The third-order valence-electron chi connectivity index (χ3n) is 3.63. The predicted molar refractivity (Wildman–Crippen MR) is 78.4 cm³/mol. The van der Waals surface area contributed by atoms with Crippen LogP contribution in [0.2, 0.25) is 0 Å². The van der Waals surface area contributed by atoms with Crippen LogP contribution in [0, 0.1) is 6.42 Å². The van der Waals surface area contributed by atoms with Gasteiger partial charge in [-0.1, -0.05) is 0 Å². The SMILES string of the molecule is COc1cc2ncnc(N3CC[CH]CC3)c2cc1OC. The molecular formula is C15H18N3O2. The van der Waals surface area contributed by atoms with Crippen molar-refractivity contribution in [1.29, 1.82) is 0 Å². The minimum Gasteiger partial charge on any atom is -0.493 e. The van der Waals surface area contributed by atoms with Crippen LogP contribution >= 0.6 is 0 Å². The lowest BCUT2D eigenvalue weighted by atomic mass is 10.1. The first-order valence-corrected chi connectivity index (χ1v) is 6.77. The number of hydrogen-bond donors (Lipinski definition) is 0. The van der Waals surface area contributed by atoms with Crippen LogP contribution in [0.1, 0.15) is 12.8 Å². The highest BCUT2D eigenvalue weighted by Crippen LogP contribution is 2.35. The van der Waals surface area contributed by atoms with Crippen molar-refractivity contribution >= 4 is 16.7 Å². The van der Waals surface area contributed by atoms with Crippen molar-refractivity contribution in [3.05, 3.63) is 24.9 Å². The van der Waals surface area contributed by atoms with E-state index in [9.17, 15) is 0 Å². The molecule has 2 aromatic rings. The Morgan fingerprint density at radius 2 is 1.70 bits per heavy atom. The van der Waals surface area contributed by atoms with Crippen LogP contribution in [0.25, 0.3) is 10.9 Å². The van der Waals surface area contributed by atoms with Crippen molar-refractivity contribution in [2.45, 2.75) is 12.8 Å². The number of ether oxygens (including phenoxy) is 2. The smallest absolute Gasteiger partial charge is 0.162 e. The van der Waals surface area contributed by atoms with Gasteiger partial charge in [-0.25, -0.2) is 9.97 Å². The number of hydrogen-bond acceptors (Lipinski definition) is 5. The quantitative estimate of drug-likeness (QED) is 0.859. The Balaban J connectivity index is 2.12. The summed E-state index contributed by atoms with van der Waals surface area (Å²) in [5.74, 6) is 2.38. The summed E-state index contributed by atoms with van der Waals surface area (Å²) in [5.41, 5.74) is 0.877. The van der Waals surface area contributed by atoms with Crippen molar-refractivity contribution in [3.8, 4) is 11.5 Å². The summed E-state index contributed by atoms with van der Waals surface area (Å²) in [6.45, 7) is 2.00. The summed E-state index contributed by atoms with van der Waals surface area (Å²) in [6.07, 6.45) is 6.13. The van der Waals surface area contributed by atoms with E-state index in [1.54, 1.807) is 20.5 Å². The average molecular weight is 272 g/mol. The van der Waals surface area contributed by atoms with Gasteiger partial charge in [0, 0.05) is 24.5 Å². The second-order valence-electron chi connectivity index (χ2n) is 4.77. The Hall–Kier alpha value is -2.04. The highest BCUT2D eigenvalue weighted by molar-refractivity contribution is 5.92. The topological polar surface area (TPSA) is 47.5 Å². The molecule has 20 heavy (non-hydrogen) atoms. The van der Waals surface area contributed by atoms with Gasteiger partial charge in [0.05, 0.1) is 19.7 Å². The number of benzene rings is 1. The van der Waals surface area contributed by atoms with E-state index in [1.807, 2.05) is 12.1 Å². The highest BCUT2D eigenvalue weighted by atomic mass is 16.5. The van der Waals surface area contributed by atoms with Crippen molar-refractivity contribution < 1.29 is 9.47 Å². The number of methoxy groups -OCH3 is 2. The van der Waals surface area contributed by atoms with Crippen molar-refractivity contribution in [2.24, 2.45) is 0 Å². The van der Waals surface area contributed by atoms with E-state index < -0.39 is 0 Å². The van der Waals surface area contributed by atoms with E-state index in [-0.39, 0.29) is 0 Å². The van der Waals surface area contributed by atoms with Crippen LogP contribution in [0.15, 0.2) is 18.5 Å². The van der Waals surface area contributed by atoms with Gasteiger partial charge >= 0.3 is 0 Å². The van der Waals surface area contributed by atoms with Gasteiger partial charge in [-0.15, -0.1) is 0 Å². The fraction of sp³-hybridized carbons (Fsp3) is 0.400. The molecule has 1 aliphatic rings. The molecular weight excluding hydrogens is 254 g/mol. The third kappa shape index (κ3) is 2.24. The number of aromatic nitrogens is 2. The zero-order valence-electron chi connectivity index (χ0n) is 11.8. The molecule has 1 aliphatic heterocycles. The summed E-state index contributed by atoms with van der Waals surface area (Å²) in [4.78, 5) is 11.1. The second kappa shape index (κ2) is 5.53. The van der Waals surface area contributed by atoms with Crippen LogP contribution in [0.5, 0.6) is 11.5 Å². The van der Waals surface area contributed by atoms with Gasteiger partial charge in [0.15, 0.2) is 11.5 Å². The average Bonchev–Trinajstić information content (AvgIpc) is 2.53. The van der Waals surface area contributed by atoms with Crippen LogP contribution < -0.4 is 14.4 Å². The minimum atomic E-state index is 0.691. The molecule has 0 unspecified atom stereocenters. The lowest BCUT2D eigenvalue weighted by molar-refractivity contribution is 0.356. The normalized spacial score (nSPS) is 15.4. The number of fused-ring (bicyclic) bond motifs is 1. The number of anilines is 1. The summed E-state index contributed by atoms with van der Waals surface area (Å²) in [6, 6.07) is 3.86. The maximum absolute atomic E-state index is 5.38. The van der Waals surface area contributed by atoms with Crippen molar-refractivity contribution in [1.82, 2.24) is 9.97 Å². The monoisotopic (exact) mass is 272 g/mol. The fourth-order valence-electron chi connectivity index (χ4n) is 2.58. The Bertz CT molecular complexity index is 609. The van der Waals surface area contributed by atoms with Gasteiger partial charge in [-0.2, -0.15) is 0 Å². The molecule has 1 radical (unpaired) electrons. The minimum absolute atomic E-state index is 0.691. The van der Waals surface area contributed by atoms with Crippen LogP contribution in [0.4, 0.5) is 5.82 Å². The summed E-state index contributed by atoms with van der Waals surface area (Å²) in [5, 5.41) is 1.01.